The lowest BCUT2D eigenvalue weighted by molar-refractivity contribution is 0.667. The van der Waals surface area contributed by atoms with E-state index in [4.69, 9.17) is 14.4 Å². The Morgan fingerprint density at radius 3 is 1.93 bits per heavy atom. The van der Waals surface area contributed by atoms with Gasteiger partial charge in [0.25, 0.3) is 0 Å². The summed E-state index contributed by atoms with van der Waals surface area (Å²) < 4.78 is 6.81. The second-order valence-electron chi connectivity index (χ2n) is 14.4. The fourth-order valence-electron chi connectivity index (χ4n) is 8.33. The first-order chi connectivity index (χ1) is 28.3. The molecular formula is C52H34N4O. The van der Waals surface area contributed by atoms with E-state index in [0.29, 0.717) is 5.84 Å². The molecule has 0 bridgehead atoms. The molecular weight excluding hydrogens is 697 g/mol. The first kappa shape index (κ1) is 32.8. The Kier molecular flexibility index (Phi) is 7.81. The molecule has 3 heterocycles. The molecule has 1 aliphatic rings. The van der Waals surface area contributed by atoms with Crippen molar-refractivity contribution in [1.29, 1.82) is 0 Å². The van der Waals surface area contributed by atoms with Crippen molar-refractivity contribution in [3.8, 4) is 33.4 Å². The molecule has 0 amide bonds. The maximum atomic E-state index is 6.81. The van der Waals surface area contributed by atoms with E-state index in [1.807, 2.05) is 24.4 Å². The van der Waals surface area contributed by atoms with E-state index in [9.17, 15) is 0 Å². The standard InChI is InChI=1S/C52H34N4O/c1-3-13-33(14-4-1)34-23-25-36(26-24-34)50-54-51(43-22-12-9-18-38(43)35-15-5-2-6-16-35)56-52(55-50)45-28-27-42(49-48(45)44-29-30-53-32-47(44)57-49)46-31-37-17-7-8-19-39(37)40-20-10-11-21-41(40)46/h1-32,50H,(H,54,55,56). The van der Waals surface area contributed by atoms with Crippen LogP contribution in [0.15, 0.2) is 209 Å². The van der Waals surface area contributed by atoms with Gasteiger partial charge in [-0.2, -0.15) is 0 Å². The van der Waals surface area contributed by atoms with E-state index in [-0.39, 0.29) is 0 Å². The Morgan fingerprint density at radius 1 is 0.474 bits per heavy atom. The van der Waals surface area contributed by atoms with Gasteiger partial charge < -0.3 is 9.73 Å². The first-order valence-corrected chi connectivity index (χ1v) is 19.2. The number of pyridine rings is 1. The minimum atomic E-state index is -0.403. The lowest BCUT2D eigenvalue weighted by Gasteiger charge is -2.25. The summed E-state index contributed by atoms with van der Waals surface area (Å²) in [6.45, 7) is 0. The van der Waals surface area contributed by atoms with Crippen LogP contribution in [0.2, 0.25) is 0 Å². The average molecular weight is 731 g/mol. The summed E-state index contributed by atoms with van der Waals surface area (Å²) in [7, 11) is 0. The van der Waals surface area contributed by atoms with Gasteiger partial charge in [0, 0.05) is 33.7 Å². The third kappa shape index (κ3) is 5.68. The second-order valence-corrected chi connectivity index (χ2v) is 14.4. The Hall–Kier alpha value is -7.63. The van der Waals surface area contributed by atoms with E-state index < -0.39 is 6.17 Å². The van der Waals surface area contributed by atoms with Crippen molar-refractivity contribution >= 4 is 55.2 Å². The molecule has 0 aliphatic carbocycles. The summed E-state index contributed by atoms with van der Waals surface area (Å²) in [4.78, 5) is 15.2. The SMILES string of the molecule is c1ccc(-c2ccc(C3N=C(c4ccccc4-c4ccccc4)N=C(c4ccc(-c5cc6ccccc6c6ccccc56)c5oc6cnccc6c45)N3)cc2)cc1. The highest BCUT2D eigenvalue weighted by molar-refractivity contribution is 6.25. The zero-order valence-corrected chi connectivity index (χ0v) is 30.8. The summed E-state index contributed by atoms with van der Waals surface area (Å²) in [5.41, 5.74) is 11.1. The lowest BCUT2D eigenvalue weighted by atomic mass is 9.91. The normalized spacial score (nSPS) is 14.1. The van der Waals surface area contributed by atoms with E-state index >= 15 is 0 Å². The number of aromatic nitrogens is 1. The lowest BCUT2D eigenvalue weighted by Crippen LogP contribution is -2.33. The van der Waals surface area contributed by atoms with E-state index in [0.717, 1.165) is 72.3 Å². The van der Waals surface area contributed by atoms with Crippen molar-refractivity contribution in [2.75, 3.05) is 0 Å². The molecule has 2 aromatic heterocycles. The average Bonchev–Trinajstić information content (AvgIpc) is 3.69. The van der Waals surface area contributed by atoms with Crippen molar-refractivity contribution in [3.63, 3.8) is 0 Å². The molecule has 5 heteroatoms. The number of aliphatic imine (C=N–C) groups is 2. The van der Waals surface area contributed by atoms with E-state index in [1.165, 1.54) is 27.1 Å². The zero-order chi connectivity index (χ0) is 37.7. The summed E-state index contributed by atoms with van der Waals surface area (Å²) in [6.07, 6.45) is 3.23. The maximum Gasteiger partial charge on any atom is 0.160 e. The highest BCUT2D eigenvalue weighted by Gasteiger charge is 2.27. The largest absolute Gasteiger partial charge is 0.454 e. The van der Waals surface area contributed by atoms with Crippen molar-refractivity contribution in [3.05, 3.63) is 211 Å². The molecule has 0 spiro atoms. The number of rotatable bonds is 6. The van der Waals surface area contributed by atoms with Gasteiger partial charge in [0.15, 0.2) is 11.4 Å². The number of furan rings is 1. The van der Waals surface area contributed by atoms with Crippen molar-refractivity contribution in [1.82, 2.24) is 10.3 Å². The fourth-order valence-corrected chi connectivity index (χ4v) is 8.33. The highest BCUT2D eigenvalue weighted by atomic mass is 16.3. The zero-order valence-electron chi connectivity index (χ0n) is 30.8. The number of benzene rings is 8. The quantitative estimate of drug-likeness (QED) is 0.173. The third-order valence-corrected chi connectivity index (χ3v) is 11.1. The van der Waals surface area contributed by atoms with Crippen LogP contribution in [-0.4, -0.2) is 16.7 Å². The van der Waals surface area contributed by atoms with Gasteiger partial charge >= 0.3 is 0 Å². The predicted molar refractivity (Wildman–Crippen MR) is 235 cm³/mol. The number of fused-ring (bicyclic) bond motifs is 6. The van der Waals surface area contributed by atoms with Crippen molar-refractivity contribution in [2.45, 2.75) is 6.17 Å². The Morgan fingerprint density at radius 2 is 1.12 bits per heavy atom. The number of nitrogens with one attached hydrogen (secondary N) is 1. The smallest absolute Gasteiger partial charge is 0.160 e. The van der Waals surface area contributed by atoms with Gasteiger partial charge in [-0.25, -0.2) is 9.98 Å². The second kappa shape index (κ2) is 13.6. The molecule has 0 fully saturated rings. The van der Waals surface area contributed by atoms with Gasteiger partial charge in [-0.3, -0.25) is 4.98 Å². The minimum absolute atomic E-state index is 0.403. The molecule has 268 valence electrons. The number of amidine groups is 2. The van der Waals surface area contributed by atoms with Gasteiger partial charge in [-0.15, -0.1) is 0 Å². The van der Waals surface area contributed by atoms with Crippen LogP contribution in [0.25, 0.3) is 76.9 Å². The van der Waals surface area contributed by atoms with Crippen LogP contribution in [0.5, 0.6) is 0 Å². The molecule has 0 saturated carbocycles. The van der Waals surface area contributed by atoms with Gasteiger partial charge in [-0.05, 0) is 79.2 Å². The first-order valence-electron chi connectivity index (χ1n) is 19.2. The van der Waals surface area contributed by atoms with Crippen LogP contribution in [0.3, 0.4) is 0 Å². The van der Waals surface area contributed by atoms with Gasteiger partial charge in [0.05, 0.1) is 6.20 Å². The molecule has 8 aromatic carbocycles. The predicted octanol–water partition coefficient (Wildman–Crippen LogP) is 12.8. The van der Waals surface area contributed by atoms with E-state index in [2.05, 4.69) is 174 Å². The van der Waals surface area contributed by atoms with Crippen LogP contribution >= 0.6 is 0 Å². The number of hydrogen-bond acceptors (Lipinski definition) is 5. The van der Waals surface area contributed by atoms with Crippen LogP contribution in [0.4, 0.5) is 0 Å². The molecule has 1 unspecified atom stereocenters. The number of hydrogen-bond donors (Lipinski definition) is 1. The monoisotopic (exact) mass is 730 g/mol. The molecule has 0 saturated heterocycles. The van der Waals surface area contributed by atoms with Crippen LogP contribution in [0, 0.1) is 0 Å². The molecule has 1 aliphatic heterocycles. The van der Waals surface area contributed by atoms with Crippen LogP contribution < -0.4 is 5.32 Å². The van der Waals surface area contributed by atoms with Gasteiger partial charge in [0.1, 0.15) is 17.6 Å². The summed E-state index contributed by atoms with van der Waals surface area (Å²) in [5.74, 6) is 1.38. The van der Waals surface area contributed by atoms with Crippen LogP contribution in [-0.2, 0) is 0 Å². The molecule has 10 aromatic rings. The Balaban J connectivity index is 1.12. The summed E-state index contributed by atoms with van der Waals surface area (Å²) in [6, 6.07) is 63.8. The molecule has 57 heavy (non-hydrogen) atoms. The summed E-state index contributed by atoms with van der Waals surface area (Å²) >= 11 is 0. The minimum Gasteiger partial charge on any atom is -0.454 e. The van der Waals surface area contributed by atoms with Crippen LogP contribution in [0.1, 0.15) is 22.9 Å². The molecule has 1 atom stereocenters. The molecule has 11 rings (SSSR count). The maximum absolute atomic E-state index is 6.81. The van der Waals surface area contributed by atoms with Crippen molar-refractivity contribution < 1.29 is 4.42 Å². The van der Waals surface area contributed by atoms with Gasteiger partial charge in [0.2, 0.25) is 0 Å². The number of nitrogens with zero attached hydrogens (tertiary/aromatic N) is 3. The molecule has 5 nitrogen and oxygen atoms in total. The Labute approximate surface area is 329 Å². The molecule has 0 radical (unpaired) electrons. The van der Waals surface area contributed by atoms with Crippen molar-refractivity contribution in [2.24, 2.45) is 9.98 Å². The Bertz CT molecular complexity index is 3200. The van der Waals surface area contributed by atoms with E-state index in [1.54, 1.807) is 6.20 Å². The molecule has 1 N–H and O–H groups in total. The summed E-state index contributed by atoms with van der Waals surface area (Å²) in [5, 5.41) is 10.5. The van der Waals surface area contributed by atoms with Gasteiger partial charge in [-0.1, -0.05) is 158 Å². The highest BCUT2D eigenvalue weighted by Crippen LogP contribution is 2.42. The topological polar surface area (TPSA) is 62.8 Å². The third-order valence-electron chi connectivity index (χ3n) is 11.1. The fraction of sp³-hybridized carbons (Fsp3) is 0.0192.